The van der Waals surface area contributed by atoms with Crippen LogP contribution in [0, 0.1) is 5.92 Å². The highest BCUT2D eigenvalue weighted by atomic mass is 35.5. The maximum absolute atomic E-state index is 11.5. The van der Waals surface area contributed by atoms with Gasteiger partial charge in [-0.05, 0) is 36.1 Å². The maximum atomic E-state index is 11.5. The first kappa shape index (κ1) is 22.0. The summed E-state index contributed by atoms with van der Waals surface area (Å²) < 4.78 is 0. The molecule has 1 unspecified atom stereocenters. The lowest BCUT2D eigenvalue weighted by molar-refractivity contribution is 0.287. The summed E-state index contributed by atoms with van der Waals surface area (Å²) in [6, 6.07) is 8.80. The Morgan fingerprint density at radius 2 is 1.90 bits per heavy atom. The molecule has 1 aromatic carbocycles. The van der Waals surface area contributed by atoms with E-state index in [4.69, 9.17) is 28.2 Å². The van der Waals surface area contributed by atoms with Gasteiger partial charge in [-0.25, -0.2) is 4.98 Å². The first-order valence-corrected chi connectivity index (χ1v) is 11.0. The van der Waals surface area contributed by atoms with Crippen LogP contribution in [-0.2, 0) is 6.42 Å². The lowest BCUT2D eigenvalue weighted by Gasteiger charge is -2.20. The third-order valence-electron chi connectivity index (χ3n) is 4.50. The van der Waals surface area contributed by atoms with E-state index in [1.807, 2.05) is 18.2 Å². The molecule has 8 heteroatoms. The number of H-pyrrole nitrogens is 2. The second kappa shape index (κ2) is 9.85. The fourth-order valence-electron chi connectivity index (χ4n) is 3.25. The van der Waals surface area contributed by atoms with Crippen LogP contribution in [0.2, 0.25) is 10.0 Å². The van der Waals surface area contributed by atoms with Gasteiger partial charge in [0.2, 0.25) is 5.56 Å². The Bertz CT molecular complexity index is 992. The highest BCUT2D eigenvalue weighted by molar-refractivity contribution is 7.99. The number of imidazole rings is 1. The first-order valence-electron chi connectivity index (χ1n) is 9.39. The zero-order chi connectivity index (χ0) is 21.0. The number of pyridine rings is 1. The zero-order valence-corrected chi connectivity index (χ0v) is 18.5. The van der Waals surface area contributed by atoms with Crippen molar-refractivity contribution in [3.05, 3.63) is 74.0 Å². The zero-order valence-electron chi connectivity index (χ0n) is 16.2. The Kier molecular flexibility index (Phi) is 7.46. The molecule has 3 rings (SSSR count). The molecule has 0 aliphatic heterocycles. The van der Waals surface area contributed by atoms with Gasteiger partial charge in [0.05, 0.1) is 5.69 Å². The van der Waals surface area contributed by atoms with Crippen molar-refractivity contribution in [1.29, 1.82) is 0 Å². The Hall–Kier alpha value is -1.73. The third-order valence-corrected chi connectivity index (χ3v) is 5.93. The summed E-state index contributed by atoms with van der Waals surface area (Å²) in [5.74, 6) is 1.06. The molecule has 29 heavy (non-hydrogen) atoms. The van der Waals surface area contributed by atoms with Crippen molar-refractivity contribution in [3.63, 3.8) is 0 Å². The van der Waals surface area contributed by atoms with E-state index in [0.717, 1.165) is 27.0 Å². The van der Waals surface area contributed by atoms with Gasteiger partial charge in [0, 0.05) is 46.1 Å². The Labute approximate surface area is 183 Å². The number of rotatable bonds is 8. The lowest BCUT2D eigenvalue weighted by atomic mass is 9.87. The summed E-state index contributed by atoms with van der Waals surface area (Å²) in [4.78, 5) is 23.5. The average molecular weight is 452 g/mol. The number of aromatic amines is 2. The van der Waals surface area contributed by atoms with Gasteiger partial charge >= 0.3 is 0 Å². The molecule has 0 fully saturated rings. The number of aromatic nitrogens is 3. The van der Waals surface area contributed by atoms with Gasteiger partial charge < -0.3 is 15.1 Å². The summed E-state index contributed by atoms with van der Waals surface area (Å²) in [6.45, 7) is 4.36. The van der Waals surface area contributed by atoms with Crippen LogP contribution in [0.3, 0.4) is 0 Å². The van der Waals surface area contributed by atoms with E-state index in [1.165, 1.54) is 17.8 Å². The van der Waals surface area contributed by atoms with Gasteiger partial charge in [-0.3, -0.25) is 4.79 Å². The highest BCUT2D eigenvalue weighted by Gasteiger charge is 2.26. The van der Waals surface area contributed by atoms with Crippen LogP contribution in [0.4, 0.5) is 0 Å². The van der Waals surface area contributed by atoms with Crippen LogP contribution in [0.25, 0.3) is 0 Å². The number of benzene rings is 1. The van der Waals surface area contributed by atoms with E-state index in [0.29, 0.717) is 22.9 Å². The molecule has 0 saturated carbocycles. The van der Waals surface area contributed by atoms with Crippen LogP contribution in [-0.4, -0.2) is 26.7 Å². The van der Waals surface area contributed by atoms with Gasteiger partial charge in [-0.2, -0.15) is 0 Å². The number of hydrogen-bond acceptors (Lipinski definition) is 4. The fourth-order valence-corrected chi connectivity index (χ4v) is 4.96. The molecule has 0 saturated heterocycles. The smallest absolute Gasteiger partial charge is 0.247 e. The summed E-state index contributed by atoms with van der Waals surface area (Å²) in [5, 5.41) is 11.2. The monoisotopic (exact) mass is 451 g/mol. The number of hydrogen-bond donors (Lipinski definition) is 3. The molecule has 0 aliphatic rings. The molecule has 0 spiro atoms. The van der Waals surface area contributed by atoms with Crippen molar-refractivity contribution < 1.29 is 5.11 Å². The number of aliphatic hydroxyl groups is 1. The van der Waals surface area contributed by atoms with Crippen LogP contribution < -0.4 is 5.56 Å². The molecule has 2 aromatic heterocycles. The fraction of sp³-hybridized carbons (Fsp3) is 0.333. The van der Waals surface area contributed by atoms with Crippen molar-refractivity contribution >= 4 is 35.0 Å². The highest BCUT2D eigenvalue weighted by Crippen LogP contribution is 2.39. The number of aliphatic hydroxyl groups excluding tert-OH is 1. The van der Waals surface area contributed by atoms with Crippen molar-refractivity contribution in [2.45, 2.75) is 42.5 Å². The standard InChI is InChI=1S/C21H23Cl2N3O2S/c1-12(2)19(13-5-6-18(28)24-11-13)20-21(26-17(25-20)4-3-7-27)29-16-9-14(22)8-15(23)10-16/h5-6,8-12,19,27H,3-4,7H2,1-2H3,(H,24,28)(H,25,26). The first-order chi connectivity index (χ1) is 13.9. The number of nitrogens with zero attached hydrogens (tertiary/aromatic N) is 1. The number of nitrogens with one attached hydrogen (secondary N) is 2. The molecule has 5 nitrogen and oxygen atoms in total. The normalized spacial score (nSPS) is 12.5. The Balaban J connectivity index is 2.05. The minimum atomic E-state index is -0.134. The molecule has 3 aromatic rings. The number of aryl methyl sites for hydroxylation is 1. The third kappa shape index (κ3) is 5.66. The van der Waals surface area contributed by atoms with Gasteiger partial charge in [0.15, 0.2) is 0 Å². The molecule has 0 radical (unpaired) electrons. The molecular formula is C21H23Cl2N3O2S. The van der Waals surface area contributed by atoms with E-state index >= 15 is 0 Å². The van der Waals surface area contributed by atoms with Crippen LogP contribution in [0.5, 0.6) is 0 Å². The molecule has 154 valence electrons. The summed E-state index contributed by atoms with van der Waals surface area (Å²) in [7, 11) is 0. The number of halogens is 2. The van der Waals surface area contributed by atoms with Gasteiger partial charge in [0.25, 0.3) is 0 Å². The molecule has 0 amide bonds. The SMILES string of the molecule is CC(C)C(c1ccc(=O)[nH]c1)c1nc(CCCO)[nH]c1Sc1cc(Cl)cc(Cl)c1. The predicted molar refractivity (Wildman–Crippen MR) is 118 cm³/mol. The molecule has 0 bridgehead atoms. The van der Waals surface area contributed by atoms with E-state index in [2.05, 4.69) is 23.8 Å². The van der Waals surface area contributed by atoms with Crippen LogP contribution in [0.1, 0.15) is 43.3 Å². The summed E-state index contributed by atoms with van der Waals surface area (Å²) >= 11 is 13.9. The van der Waals surface area contributed by atoms with E-state index in [9.17, 15) is 9.90 Å². The van der Waals surface area contributed by atoms with E-state index < -0.39 is 0 Å². The second-order valence-corrected chi connectivity index (χ2v) is 9.10. The lowest BCUT2D eigenvalue weighted by Crippen LogP contribution is -2.13. The summed E-state index contributed by atoms with van der Waals surface area (Å²) in [5.41, 5.74) is 1.76. The minimum Gasteiger partial charge on any atom is -0.396 e. The molecule has 3 N–H and O–H groups in total. The van der Waals surface area contributed by atoms with Gasteiger partial charge in [0.1, 0.15) is 10.9 Å². The Morgan fingerprint density at radius 3 is 2.48 bits per heavy atom. The minimum absolute atomic E-state index is 0.0110. The van der Waals surface area contributed by atoms with Gasteiger partial charge in [-0.15, -0.1) is 0 Å². The quantitative estimate of drug-likeness (QED) is 0.435. The summed E-state index contributed by atoms with van der Waals surface area (Å²) in [6.07, 6.45) is 3.03. The van der Waals surface area contributed by atoms with Crippen molar-refractivity contribution in [2.24, 2.45) is 5.92 Å². The van der Waals surface area contributed by atoms with E-state index in [-0.39, 0.29) is 24.0 Å². The van der Waals surface area contributed by atoms with Crippen molar-refractivity contribution in [2.75, 3.05) is 6.61 Å². The van der Waals surface area contributed by atoms with E-state index in [1.54, 1.807) is 12.3 Å². The van der Waals surface area contributed by atoms with Crippen LogP contribution in [0.15, 0.2) is 51.2 Å². The molecule has 2 heterocycles. The topological polar surface area (TPSA) is 81.8 Å². The molecule has 0 aliphatic carbocycles. The largest absolute Gasteiger partial charge is 0.396 e. The van der Waals surface area contributed by atoms with Crippen molar-refractivity contribution in [1.82, 2.24) is 15.0 Å². The van der Waals surface area contributed by atoms with Gasteiger partial charge in [-0.1, -0.05) is 54.9 Å². The van der Waals surface area contributed by atoms with Crippen molar-refractivity contribution in [3.8, 4) is 0 Å². The molecular weight excluding hydrogens is 429 g/mol. The Morgan fingerprint density at radius 1 is 1.17 bits per heavy atom. The predicted octanol–water partition coefficient (Wildman–Crippen LogP) is 5.27. The second-order valence-electron chi connectivity index (χ2n) is 7.14. The average Bonchev–Trinajstić information content (AvgIpc) is 3.03. The maximum Gasteiger partial charge on any atom is 0.247 e. The van der Waals surface area contributed by atoms with Crippen LogP contribution >= 0.6 is 35.0 Å². The molecule has 1 atom stereocenters.